The van der Waals surface area contributed by atoms with Crippen molar-refractivity contribution in [3.05, 3.63) is 94.3 Å². The first kappa shape index (κ1) is 22.4. The van der Waals surface area contributed by atoms with Gasteiger partial charge in [0.15, 0.2) is 0 Å². The van der Waals surface area contributed by atoms with Crippen molar-refractivity contribution in [3.63, 3.8) is 0 Å². The molecule has 0 spiro atoms. The number of rotatable bonds is 6. The predicted molar refractivity (Wildman–Crippen MR) is 123 cm³/mol. The number of aromatic nitrogens is 1. The molecule has 33 heavy (non-hydrogen) atoms. The van der Waals surface area contributed by atoms with Crippen molar-refractivity contribution < 1.29 is 24.2 Å². The summed E-state index contributed by atoms with van der Waals surface area (Å²) < 4.78 is 10.5. The van der Waals surface area contributed by atoms with Gasteiger partial charge >= 0.3 is 0 Å². The molecule has 0 saturated carbocycles. The van der Waals surface area contributed by atoms with E-state index >= 15 is 0 Å². The number of carbonyl (C=O) groups excluding carboxylic acids is 2. The van der Waals surface area contributed by atoms with Gasteiger partial charge in [-0.3, -0.25) is 14.6 Å². The number of halogens is 1. The van der Waals surface area contributed by atoms with Crippen molar-refractivity contribution >= 4 is 29.1 Å². The number of ketones is 1. The molecule has 2 aromatic carbocycles. The van der Waals surface area contributed by atoms with E-state index in [9.17, 15) is 14.7 Å². The Kier molecular flexibility index (Phi) is 6.33. The lowest BCUT2D eigenvalue weighted by molar-refractivity contribution is -0.140. The Bertz CT molecular complexity index is 1230. The van der Waals surface area contributed by atoms with Gasteiger partial charge in [0.1, 0.15) is 17.3 Å². The number of ether oxygens (including phenoxy) is 2. The Morgan fingerprint density at radius 1 is 1.03 bits per heavy atom. The van der Waals surface area contributed by atoms with E-state index in [1.165, 1.54) is 18.1 Å². The molecule has 1 N–H and O–H groups in total. The van der Waals surface area contributed by atoms with Crippen molar-refractivity contribution in [2.24, 2.45) is 0 Å². The van der Waals surface area contributed by atoms with E-state index in [1.54, 1.807) is 55.9 Å². The summed E-state index contributed by atoms with van der Waals surface area (Å²) >= 11 is 6.13. The van der Waals surface area contributed by atoms with E-state index in [0.717, 1.165) is 5.56 Å². The molecule has 1 amide bonds. The topological polar surface area (TPSA) is 89.0 Å². The lowest BCUT2D eigenvalue weighted by Gasteiger charge is -2.25. The van der Waals surface area contributed by atoms with Crippen LogP contribution in [0.2, 0.25) is 5.02 Å². The van der Waals surface area contributed by atoms with Crippen LogP contribution in [0.4, 0.5) is 0 Å². The second-order valence-corrected chi connectivity index (χ2v) is 7.84. The first-order valence-electron chi connectivity index (χ1n) is 10.1. The summed E-state index contributed by atoms with van der Waals surface area (Å²) in [5.74, 6) is -0.849. The minimum atomic E-state index is -0.821. The average molecular weight is 465 g/mol. The van der Waals surface area contributed by atoms with Gasteiger partial charge in [0, 0.05) is 24.0 Å². The number of hydrogen-bond donors (Lipinski definition) is 1. The molecule has 2 heterocycles. The minimum Gasteiger partial charge on any atom is -0.507 e. The standard InChI is InChI=1S/C25H21ClN2O5/c1-32-18-6-3-15(4-7-18)14-28-22(16-9-11-27-12-10-16)21(24(30)25(28)31)23(29)19-13-17(26)5-8-20(19)33-2/h3-13,22,29H,14H2,1-2H3/b23-21+. The van der Waals surface area contributed by atoms with Gasteiger partial charge < -0.3 is 19.5 Å². The van der Waals surface area contributed by atoms with Gasteiger partial charge in [-0.2, -0.15) is 0 Å². The number of hydrogen-bond acceptors (Lipinski definition) is 6. The molecule has 7 nitrogen and oxygen atoms in total. The highest BCUT2D eigenvalue weighted by Crippen LogP contribution is 2.42. The zero-order valence-electron chi connectivity index (χ0n) is 18.0. The van der Waals surface area contributed by atoms with Crippen molar-refractivity contribution in [2.45, 2.75) is 12.6 Å². The minimum absolute atomic E-state index is 0.0414. The molecule has 1 aromatic heterocycles. The van der Waals surface area contributed by atoms with Crippen LogP contribution in [0.1, 0.15) is 22.7 Å². The molecule has 0 radical (unpaired) electrons. The first-order chi connectivity index (χ1) is 15.9. The van der Waals surface area contributed by atoms with Gasteiger partial charge in [-0.1, -0.05) is 23.7 Å². The fraction of sp³-hybridized carbons (Fsp3) is 0.160. The number of benzene rings is 2. The van der Waals surface area contributed by atoms with E-state index in [0.29, 0.717) is 22.1 Å². The summed E-state index contributed by atoms with van der Waals surface area (Å²) in [6, 6.07) is 14.5. The highest BCUT2D eigenvalue weighted by atomic mass is 35.5. The number of amides is 1. The largest absolute Gasteiger partial charge is 0.507 e. The molecular formula is C25H21ClN2O5. The van der Waals surface area contributed by atoms with Crippen LogP contribution in [0.3, 0.4) is 0 Å². The molecule has 8 heteroatoms. The number of methoxy groups -OCH3 is 2. The number of aliphatic hydroxyl groups excluding tert-OH is 1. The van der Waals surface area contributed by atoms with Gasteiger partial charge in [-0.25, -0.2) is 0 Å². The Balaban J connectivity index is 1.86. The third kappa shape index (κ3) is 4.27. The second kappa shape index (κ2) is 9.34. The fourth-order valence-electron chi connectivity index (χ4n) is 3.87. The quantitative estimate of drug-likeness (QED) is 0.331. The van der Waals surface area contributed by atoms with Crippen LogP contribution >= 0.6 is 11.6 Å². The predicted octanol–water partition coefficient (Wildman–Crippen LogP) is 4.37. The van der Waals surface area contributed by atoms with E-state index in [2.05, 4.69) is 4.98 Å². The molecule has 0 bridgehead atoms. The third-order valence-electron chi connectivity index (χ3n) is 5.49. The van der Waals surface area contributed by atoms with Crippen LogP contribution in [0.5, 0.6) is 11.5 Å². The summed E-state index contributed by atoms with van der Waals surface area (Å²) in [6.07, 6.45) is 3.14. The highest BCUT2D eigenvalue weighted by molar-refractivity contribution is 6.46. The SMILES string of the molecule is COc1ccc(CN2C(=O)C(=O)/C(=C(/O)c3cc(Cl)ccc3OC)C2c2ccncc2)cc1. The molecule has 1 saturated heterocycles. The average Bonchev–Trinajstić information content (AvgIpc) is 3.09. The van der Waals surface area contributed by atoms with Crippen LogP contribution in [0, 0.1) is 0 Å². The lowest BCUT2D eigenvalue weighted by Crippen LogP contribution is -2.29. The first-order valence-corrected chi connectivity index (χ1v) is 10.5. The Labute approximate surface area is 195 Å². The molecule has 0 aliphatic carbocycles. The molecule has 1 unspecified atom stereocenters. The molecule has 3 aromatic rings. The smallest absolute Gasteiger partial charge is 0.295 e. The summed E-state index contributed by atoms with van der Waals surface area (Å²) in [6.45, 7) is 0.158. The van der Waals surface area contributed by atoms with Crippen molar-refractivity contribution in [1.29, 1.82) is 0 Å². The molecule has 1 aliphatic heterocycles. The maximum Gasteiger partial charge on any atom is 0.295 e. The lowest BCUT2D eigenvalue weighted by atomic mass is 9.95. The second-order valence-electron chi connectivity index (χ2n) is 7.40. The van der Waals surface area contributed by atoms with Crippen LogP contribution in [0.15, 0.2) is 72.6 Å². The summed E-state index contributed by atoms with van der Waals surface area (Å²) in [5.41, 5.74) is 1.63. The van der Waals surface area contributed by atoms with Crippen molar-refractivity contribution in [3.8, 4) is 11.5 Å². The third-order valence-corrected chi connectivity index (χ3v) is 5.73. The summed E-state index contributed by atoms with van der Waals surface area (Å²) in [4.78, 5) is 31.8. The van der Waals surface area contributed by atoms with Crippen LogP contribution in [-0.2, 0) is 16.1 Å². The Morgan fingerprint density at radius 3 is 2.36 bits per heavy atom. The summed E-state index contributed by atoms with van der Waals surface area (Å²) in [5, 5.41) is 11.6. The van der Waals surface area contributed by atoms with Crippen LogP contribution < -0.4 is 9.47 Å². The summed E-state index contributed by atoms with van der Waals surface area (Å²) in [7, 11) is 3.02. The number of carbonyl (C=O) groups is 2. The van der Waals surface area contributed by atoms with Gasteiger partial charge in [0.05, 0.1) is 31.4 Å². The van der Waals surface area contributed by atoms with Gasteiger partial charge in [-0.15, -0.1) is 0 Å². The van der Waals surface area contributed by atoms with Gasteiger partial charge in [0.25, 0.3) is 11.7 Å². The maximum atomic E-state index is 13.2. The molecule has 168 valence electrons. The number of nitrogens with zero attached hydrogens (tertiary/aromatic N) is 2. The number of Topliss-reactive ketones (excluding diaryl/α,β-unsaturated/α-hetero) is 1. The normalized spacial score (nSPS) is 17.3. The molecule has 1 fully saturated rings. The zero-order valence-corrected chi connectivity index (χ0v) is 18.7. The van der Waals surface area contributed by atoms with E-state index in [4.69, 9.17) is 21.1 Å². The zero-order chi connectivity index (χ0) is 23.5. The molecule has 4 rings (SSSR count). The molecular weight excluding hydrogens is 444 g/mol. The maximum absolute atomic E-state index is 13.2. The van der Waals surface area contributed by atoms with Crippen molar-refractivity contribution in [1.82, 2.24) is 9.88 Å². The number of likely N-dealkylation sites (tertiary alicyclic amines) is 1. The van der Waals surface area contributed by atoms with Crippen molar-refractivity contribution in [2.75, 3.05) is 14.2 Å². The monoisotopic (exact) mass is 464 g/mol. The fourth-order valence-corrected chi connectivity index (χ4v) is 4.05. The van der Waals surface area contributed by atoms with Gasteiger partial charge in [0.2, 0.25) is 0 Å². The molecule has 1 atom stereocenters. The van der Waals surface area contributed by atoms with E-state index < -0.39 is 17.7 Å². The van der Waals surface area contributed by atoms with Crippen LogP contribution in [0.25, 0.3) is 5.76 Å². The Hall–Kier alpha value is -3.84. The molecule has 1 aliphatic rings. The van der Waals surface area contributed by atoms with Crippen LogP contribution in [-0.4, -0.2) is 40.9 Å². The number of aliphatic hydroxyl groups is 1. The highest BCUT2D eigenvalue weighted by Gasteiger charge is 2.46. The Morgan fingerprint density at radius 2 is 1.73 bits per heavy atom. The number of pyridine rings is 1. The van der Waals surface area contributed by atoms with E-state index in [-0.39, 0.29) is 23.4 Å². The van der Waals surface area contributed by atoms with E-state index in [1.807, 2.05) is 12.1 Å². The van der Waals surface area contributed by atoms with Gasteiger partial charge in [-0.05, 0) is 53.6 Å².